The Morgan fingerprint density at radius 2 is 2.11 bits per heavy atom. The van der Waals surface area contributed by atoms with Crippen molar-refractivity contribution in [2.75, 3.05) is 0 Å². The van der Waals surface area contributed by atoms with Gasteiger partial charge in [0.1, 0.15) is 17.5 Å². The van der Waals surface area contributed by atoms with Gasteiger partial charge in [0, 0.05) is 29.2 Å². The van der Waals surface area contributed by atoms with E-state index in [1.54, 1.807) is 18.0 Å². The SMILES string of the molecule is CC(=O)OCc1nc(C(C)C)c(Sc2cccc(Cl)c2)n1Cc1cccnc1. The molecule has 0 fully saturated rings. The lowest BCUT2D eigenvalue weighted by atomic mass is 10.1. The Balaban J connectivity index is 2.06. The summed E-state index contributed by atoms with van der Waals surface area (Å²) in [6.07, 6.45) is 3.58. The van der Waals surface area contributed by atoms with E-state index in [0.717, 1.165) is 21.2 Å². The molecule has 3 aromatic rings. The molecule has 0 N–H and O–H groups in total. The van der Waals surface area contributed by atoms with Crippen LogP contribution in [0.2, 0.25) is 5.02 Å². The molecule has 2 aromatic heterocycles. The standard InChI is InChI=1S/C21H22ClN3O2S/c1-14(2)20-21(28-18-8-4-7-17(22)10-18)25(12-16-6-5-9-23-11-16)19(24-20)13-27-15(3)26/h4-11,14H,12-13H2,1-3H3. The van der Waals surface area contributed by atoms with Crippen LogP contribution in [-0.2, 0) is 22.7 Å². The molecule has 0 radical (unpaired) electrons. The Hall–Kier alpha value is -2.31. The van der Waals surface area contributed by atoms with Crippen LogP contribution in [0.4, 0.5) is 0 Å². The van der Waals surface area contributed by atoms with Crippen molar-refractivity contribution >= 4 is 29.3 Å². The van der Waals surface area contributed by atoms with Crippen LogP contribution in [-0.4, -0.2) is 20.5 Å². The van der Waals surface area contributed by atoms with Crippen LogP contribution in [0.25, 0.3) is 0 Å². The maximum atomic E-state index is 11.4. The molecule has 0 aliphatic heterocycles. The van der Waals surface area contributed by atoms with Gasteiger partial charge in [-0.15, -0.1) is 0 Å². The zero-order chi connectivity index (χ0) is 20.1. The van der Waals surface area contributed by atoms with E-state index in [2.05, 4.69) is 23.4 Å². The van der Waals surface area contributed by atoms with E-state index in [1.807, 2.05) is 42.6 Å². The lowest BCUT2D eigenvalue weighted by Crippen LogP contribution is -2.10. The highest BCUT2D eigenvalue weighted by molar-refractivity contribution is 7.99. The number of carbonyl (C=O) groups excluding carboxylic acids is 1. The van der Waals surface area contributed by atoms with Crippen LogP contribution >= 0.6 is 23.4 Å². The second-order valence-corrected chi connectivity index (χ2v) is 8.16. The summed E-state index contributed by atoms with van der Waals surface area (Å²) in [4.78, 5) is 21.4. The third-order valence-electron chi connectivity index (χ3n) is 4.05. The topological polar surface area (TPSA) is 57.0 Å². The molecule has 0 atom stereocenters. The molecule has 28 heavy (non-hydrogen) atoms. The Morgan fingerprint density at radius 1 is 1.29 bits per heavy atom. The summed E-state index contributed by atoms with van der Waals surface area (Å²) < 4.78 is 7.35. The Kier molecular flexibility index (Phi) is 6.75. The maximum absolute atomic E-state index is 11.4. The zero-order valence-corrected chi connectivity index (χ0v) is 17.6. The quantitative estimate of drug-likeness (QED) is 0.489. The molecule has 7 heteroatoms. The van der Waals surface area contributed by atoms with Gasteiger partial charge in [-0.2, -0.15) is 0 Å². The molecule has 1 aromatic carbocycles. The summed E-state index contributed by atoms with van der Waals surface area (Å²) in [5, 5.41) is 1.71. The molecule has 3 rings (SSSR count). The van der Waals surface area contributed by atoms with Gasteiger partial charge in [0.25, 0.3) is 0 Å². The predicted octanol–water partition coefficient (Wildman–Crippen LogP) is 5.32. The molecule has 0 aliphatic rings. The van der Waals surface area contributed by atoms with E-state index >= 15 is 0 Å². The highest BCUT2D eigenvalue weighted by atomic mass is 35.5. The molecular formula is C21H22ClN3O2S. The fraction of sp³-hybridized carbons (Fsp3) is 0.286. The van der Waals surface area contributed by atoms with Gasteiger partial charge in [-0.25, -0.2) is 4.98 Å². The Labute approximate surface area is 174 Å². The molecule has 0 saturated carbocycles. The minimum absolute atomic E-state index is 0.130. The van der Waals surface area contributed by atoms with E-state index in [4.69, 9.17) is 21.3 Å². The van der Waals surface area contributed by atoms with Crippen molar-refractivity contribution in [3.05, 3.63) is 70.9 Å². The summed E-state index contributed by atoms with van der Waals surface area (Å²) in [5.74, 6) is 0.603. The van der Waals surface area contributed by atoms with Crippen LogP contribution in [0.15, 0.2) is 58.7 Å². The first-order valence-electron chi connectivity index (χ1n) is 8.99. The van der Waals surface area contributed by atoms with Crippen molar-refractivity contribution in [2.45, 2.75) is 49.8 Å². The number of hydrogen-bond donors (Lipinski definition) is 0. The van der Waals surface area contributed by atoms with Crippen molar-refractivity contribution in [2.24, 2.45) is 0 Å². The fourth-order valence-electron chi connectivity index (χ4n) is 2.74. The molecule has 0 spiro atoms. The lowest BCUT2D eigenvalue weighted by molar-refractivity contribution is -0.142. The summed E-state index contributed by atoms with van der Waals surface area (Å²) in [7, 11) is 0. The van der Waals surface area contributed by atoms with Gasteiger partial charge >= 0.3 is 5.97 Å². The fourth-order valence-corrected chi connectivity index (χ4v) is 4.22. The third kappa shape index (κ3) is 5.14. The number of esters is 1. The number of aromatic nitrogens is 3. The van der Waals surface area contributed by atoms with Crippen molar-refractivity contribution in [1.29, 1.82) is 0 Å². The molecule has 0 unspecified atom stereocenters. The highest BCUT2D eigenvalue weighted by Gasteiger charge is 2.21. The molecular weight excluding hydrogens is 394 g/mol. The molecule has 0 amide bonds. The van der Waals surface area contributed by atoms with E-state index in [0.29, 0.717) is 17.4 Å². The molecule has 0 saturated heterocycles. The van der Waals surface area contributed by atoms with Gasteiger partial charge < -0.3 is 9.30 Å². The summed E-state index contributed by atoms with van der Waals surface area (Å²) in [6.45, 7) is 6.33. The van der Waals surface area contributed by atoms with Crippen LogP contribution in [0.5, 0.6) is 0 Å². The number of pyridine rings is 1. The number of carbonyl (C=O) groups is 1. The molecule has 2 heterocycles. The smallest absolute Gasteiger partial charge is 0.303 e. The minimum atomic E-state index is -0.328. The molecule has 0 aliphatic carbocycles. The monoisotopic (exact) mass is 415 g/mol. The number of halogens is 1. The number of imidazole rings is 1. The molecule has 0 bridgehead atoms. The number of hydrogen-bond acceptors (Lipinski definition) is 5. The second-order valence-electron chi connectivity index (χ2n) is 6.66. The number of benzene rings is 1. The van der Waals surface area contributed by atoms with Crippen LogP contribution in [0.3, 0.4) is 0 Å². The summed E-state index contributed by atoms with van der Waals surface area (Å²) >= 11 is 7.78. The average molecular weight is 416 g/mol. The first-order chi connectivity index (χ1) is 13.4. The van der Waals surface area contributed by atoms with Crippen LogP contribution in [0, 0.1) is 0 Å². The Morgan fingerprint density at radius 3 is 2.75 bits per heavy atom. The summed E-state index contributed by atoms with van der Waals surface area (Å²) in [5.41, 5.74) is 2.02. The lowest BCUT2D eigenvalue weighted by Gasteiger charge is -2.13. The van der Waals surface area contributed by atoms with Crippen LogP contribution in [0.1, 0.15) is 43.8 Å². The number of ether oxygens (including phenoxy) is 1. The second kappa shape index (κ2) is 9.26. The minimum Gasteiger partial charge on any atom is -0.458 e. The first kappa shape index (κ1) is 20.4. The van der Waals surface area contributed by atoms with Crippen molar-refractivity contribution < 1.29 is 9.53 Å². The highest BCUT2D eigenvalue weighted by Crippen LogP contribution is 2.36. The van der Waals surface area contributed by atoms with Crippen molar-refractivity contribution in [1.82, 2.24) is 14.5 Å². The number of rotatable bonds is 7. The summed E-state index contributed by atoms with van der Waals surface area (Å²) in [6, 6.07) is 11.7. The van der Waals surface area contributed by atoms with Gasteiger partial charge in [0.15, 0.2) is 0 Å². The van der Waals surface area contributed by atoms with Gasteiger partial charge in [-0.1, -0.05) is 49.3 Å². The van der Waals surface area contributed by atoms with E-state index < -0.39 is 0 Å². The molecule has 146 valence electrons. The van der Waals surface area contributed by atoms with E-state index in [9.17, 15) is 4.79 Å². The first-order valence-corrected chi connectivity index (χ1v) is 10.2. The zero-order valence-electron chi connectivity index (χ0n) is 16.1. The van der Waals surface area contributed by atoms with Gasteiger partial charge in [0.2, 0.25) is 0 Å². The largest absolute Gasteiger partial charge is 0.458 e. The normalized spacial score (nSPS) is 11.0. The van der Waals surface area contributed by atoms with E-state index in [1.165, 1.54) is 6.92 Å². The van der Waals surface area contributed by atoms with Gasteiger partial charge in [0.05, 0.1) is 12.2 Å². The van der Waals surface area contributed by atoms with Crippen molar-refractivity contribution in [3.8, 4) is 0 Å². The maximum Gasteiger partial charge on any atom is 0.303 e. The average Bonchev–Trinajstić information content (AvgIpc) is 2.98. The number of nitrogens with zero attached hydrogens (tertiary/aromatic N) is 3. The van der Waals surface area contributed by atoms with Crippen molar-refractivity contribution in [3.63, 3.8) is 0 Å². The van der Waals surface area contributed by atoms with Gasteiger partial charge in [-0.05, 0) is 35.7 Å². The van der Waals surface area contributed by atoms with E-state index in [-0.39, 0.29) is 18.5 Å². The molecule has 5 nitrogen and oxygen atoms in total. The Bertz CT molecular complexity index is 958. The predicted molar refractivity (Wildman–Crippen MR) is 111 cm³/mol. The van der Waals surface area contributed by atoms with Gasteiger partial charge in [-0.3, -0.25) is 9.78 Å². The third-order valence-corrected chi connectivity index (χ3v) is 5.40. The van der Waals surface area contributed by atoms with Crippen LogP contribution < -0.4 is 0 Å².